The molecule has 1 aromatic rings. The molecule has 2 aliphatic heterocycles. The van der Waals surface area contributed by atoms with Gasteiger partial charge in [0.25, 0.3) is 0 Å². The topological polar surface area (TPSA) is 83.5 Å². The number of hydrogen-bond donors (Lipinski definition) is 0. The summed E-state index contributed by atoms with van der Waals surface area (Å²) in [7, 11) is -0.0604. The molecule has 1 aromatic carbocycles. The summed E-state index contributed by atoms with van der Waals surface area (Å²) in [6.45, 7) is 0.426. The summed E-state index contributed by atoms with van der Waals surface area (Å²) in [4.78, 5) is 26.1. The molecular weight excluding hydrogens is 378 g/mol. The van der Waals surface area contributed by atoms with Crippen LogP contribution in [0.4, 0.5) is 9.59 Å². The molecule has 1 fully saturated rings. The average molecular weight is 404 g/mol. The van der Waals surface area contributed by atoms with Crippen molar-refractivity contribution < 1.29 is 37.4 Å². The van der Waals surface area contributed by atoms with E-state index in [1.807, 2.05) is 12.1 Å². The molecule has 5 rings (SSSR count). The Balaban J connectivity index is 1.66. The summed E-state index contributed by atoms with van der Waals surface area (Å²) in [5, 5.41) is 0. The first-order valence-electron chi connectivity index (χ1n) is 11.0. The highest BCUT2D eigenvalue weighted by atomic mass is 16.7. The third-order valence-electron chi connectivity index (χ3n) is 6.76. The van der Waals surface area contributed by atoms with Gasteiger partial charge in [0.2, 0.25) is 0 Å². The molecule has 8 nitrogen and oxygen atoms in total. The lowest BCUT2D eigenvalue weighted by Crippen LogP contribution is -2.66. The fraction of sp³-hybridized carbons (Fsp3) is 0.524. The molecule has 0 aromatic heterocycles. The van der Waals surface area contributed by atoms with Gasteiger partial charge in [-0.05, 0) is 30.5 Å². The van der Waals surface area contributed by atoms with Gasteiger partial charge in [-0.3, -0.25) is 0 Å². The Morgan fingerprint density at radius 3 is 2.90 bits per heavy atom. The molecular formula is C21H23NO7. The number of nitrogens with zero attached hydrogens (tertiary/aromatic N) is 1. The normalized spacial score (nSPS) is 34.7. The molecule has 1 spiro atoms. The van der Waals surface area contributed by atoms with Gasteiger partial charge in [0.15, 0.2) is 17.6 Å². The summed E-state index contributed by atoms with van der Waals surface area (Å²) >= 11 is 0. The zero-order chi connectivity index (χ0) is 22.8. The molecule has 2 aliphatic carbocycles. The smallest absolute Gasteiger partial charge is 0.493 e. The summed E-state index contributed by atoms with van der Waals surface area (Å²) in [5.41, 5.74) is 1.21. The van der Waals surface area contributed by atoms with Crippen molar-refractivity contribution in [2.45, 2.75) is 36.5 Å². The zero-order valence-corrected chi connectivity index (χ0v) is 16.0. The molecule has 0 radical (unpaired) electrons. The lowest BCUT2D eigenvalue weighted by atomic mass is 9.53. The first-order valence-corrected chi connectivity index (χ1v) is 9.49. The zero-order valence-electron chi connectivity index (χ0n) is 19.0. The molecule has 0 unspecified atom stereocenters. The van der Waals surface area contributed by atoms with Crippen molar-refractivity contribution in [1.29, 1.82) is 0 Å². The van der Waals surface area contributed by atoms with E-state index in [0.717, 1.165) is 11.1 Å². The molecule has 0 N–H and O–H groups in total. The average Bonchev–Trinajstić information content (AvgIpc) is 3.09. The maximum atomic E-state index is 12.5. The number of likely N-dealkylation sites (tertiary alicyclic amines) is 1. The number of carbonyl (C=O) groups is 2. The van der Waals surface area contributed by atoms with Gasteiger partial charge in [-0.2, -0.15) is 0 Å². The summed E-state index contributed by atoms with van der Waals surface area (Å²) < 4.78 is 49.4. The number of ether oxygens (including phenoxy) is 5. The predicted molar refractivity (Wildman–Crippen MR) is 100 cm³/mol. The van der Waals surface area contributed by atoms with Crippen molar-refractivity contribution in [3.8, 4) is 11.5 Å². The van der Waals surface area contributed by atoms with Crippen molar-refractivity contribution in [3.63, 3.8) is 0 Å². The maximum Gasteiger partial charge on any atom is 0.508 e. The van der Waals surface area contributed by atoms with Crippen LogP contribution in [0.2, 0.25) is 0 Å². The van der Waals surface area contributed by atoms with E-state index in [0.29, 0.717) is 25.1 Å². The van der Waals surface area contributed by atoms with Crippen molar-refractivity contribution >= 4 is 12.2 Å². The Morgan fingerprint density at radius 2 is 2.14 bits per heavy atom. The first kappa shape index (κ1) is 15.0. The summed E-state index contributed by atoms with van der Waals surface area (Å²) in [6, 6.07) is 3.23. The molecule has 5 atom stereocenters. The van der Waals surface area contributed by atoms with Gasteiger partial charge in [0.05, 0.1) is 30.8 Å². The van der Waals surface area contributed by atoms with E-state index in [1.54, 1.807) is 17.0 Å². The molecule has 4 aliphatic rings. The van der Waals surface area contributed by atoms with Crippen LogP contribution in [-0.2, 0) is 26.0 Å². The summed E-state index contributed by atoms with van der Waals surface area (Å²) in [6.07, 6.45) is 2.19. The van der Waals surface area contributed by atoms with Gasteiger partial charge in [0, 0.05) is 24.1 Å². The van der Waals surface area contributed by atoms with E-state index in [-0.39, 0.29) is 17.7 Å². The Labute approximate surface area is 172 Å². The highest BCUT2D eigenvalue weighted by Gasteiger charge is 2.66. The van der Waals surface area contributed by atoms with E-state index >= 15 is 0 Å². The van der Waals surface area contributed by atoms with Gasteiger partial charge in [-0.1, -0.05) is 12.1 Å². The van der Waals surface area contributed by atoms with Gasteiger partial charge >= 0.3 is 12.2 Å². The number of rotatable bonds is 2. The highest BCUT2D eigenvalue weighted by molar-refractivity contribution is 5.70. The van der Waals surface area contributed by atoms with Crippen LogP contribution in [0.1, 0.15) is 21.7 Å². The molecule has 154 valence electrons. The van der Waals surface area contributed by atoms with Gasteiger partial charge in [0.1, 0.15) is 6.10 Å². The van der Waals surface area contributed by atoms with E-state index in [4.69, 9.17) is 23.1 Å². The van der Waals surface area contributed by atoms with Gasteiger partial charge in [-0.15, -0.1) is 0 Å². The van der Waals surface area contributed by atoms with E-state index in [9.17, 15) is 9.59 Å². The molecule has 2 bridgehead atoms. The highest BCUT2D eigenvalue weighted by Crippen LogP contribution is 2.62. The molecule has 1 amide bonds. The van der Waals surface area contributed by atoms with E-state index in [2.05, 4.69) is 4.74 Å². The van der Waals surface area contributed by atoms with Crippen LogP contribution in [0.5, 0.6) is 11.5 Å². The molecule has 2 heterocycles. The minimum Gasteiger partial charge on any atom is -0.493 e. The van der Waals surface area contributed by atoms with Crippen molar-refractivity contribution in [3.05, 3.63) is 35.4 Å². The molecule has 8 heteroatoms. The van der Waals surface area contributed by atoms with Crippen LogP contribution >= 0.6 is 0 Å². The largest absolute Gasteiger partial charge is 0.508 e. The van der Waals surface area contributed by atoms with Crippen LogP contribution in [0, 0.1) is 5.92 Å². The monoisotopic (exact) mass is 404 g/mol. The van der Waals surface area contributed by atoms with Crippen molar-refractivity contribution in [2.75, 3.05) is 27.8 Å². The predicted octanol–water partition coefficient (Wildman–Crippen LogP) is 2.43. The van der Waals surface area contributed by atoms with Crippen LogP contribution < -0.4 is 9.47 Å². The lowest BCUT2D eigenvalue weighted by Gasteiger charge is -2.56. The Kier molecular flexibility index (Phi) is 3.26. The summed E-state index contributed by atoms with van der Waals surface area (Å²) in [5.74, 6) is 0.354. The lowest BCUT2D eigenvalue weighted by molar-refractivity contribution is -0.0613. The van der Waals surface area contributed by atoms with E-state index < -0.39 is 36.9 Å². The number of methoxy groups -OCH3 is 3. The second-order valence-electron chi connectivity index (χ2n) is 7.74. The number of hydrogen-bond acceptors (Lipinski definition) is 7. The van der Waals surface area contributed by atoms with Crippen LogP contribution in [0.15, 0.2) is 24.3 Å². The third kappa shape index (κ3) is 2.25. The molecule has 1 saturated heterocycles. The van der Waals surface area contributed by atoms with E-state index in [1.165, 1.54) is 14.2 Å². The number of amides is 1. The van der Waals surface area contributed by atoms with Crippen LogP contribution in [0.3, 0.4) is 0 Å². The fourth-order valence-corrected chi connectivity index (χ4v) is 5.71. The second-order valence-corrected chi connectivity index (χ2v) is 7.74. The van der Waals surface area contributed by atoms with Crippen LogP contribution in [-0.4, -0.2) is 63.2 Å². The van der Waals surface area contributed by atoms with Crippen molar-refractivity contribution in [1.82, 2.24) is 4.90 Å². The van der Waals surface area contributed by atoms with Gasteiger partial charge < -0.3 is 28.6 Å². The Bertz CT molecular complexity index is 1010. The quantitative estimate of drug-likeness (QED) is 0.553. The van der Waals surface area contributed by atoms with Gasteiger partial charge in [-0.25, -0.2) is 9.59 Å². The standard InChI is InChI=1S/C21H23NO7/c1-25-14-6-4-11-10-13-12-5-7-15(28-20(24)27-3)18-21(12,16(11)17(14)29-18)8-9-22(13)19(23)26-2/h4-7,12-13,15,18H,8-10H2,1-3H3/t12-,13+,15-,18-,21-/m0/s1/i1D3. The SMILES string of the molecule is [2H]C([2H])([2H])Oc1ccc2c3c1O[C@H]1[C@@H](OC(=O)OC)C=C[C@H]4[C@@H](C2)N(C(=O)OC)CC[C@@]341. The molecule has 29 heavy (non-hydrogen) atoms. The minimum absolute atomic E-state index is 0.122. The van der Waals surface area contributed by atoms with Crippen molar-refractivity contribution in [2.24, 2.45) is 5.92 Å². The number of benzene rings is 1. The fourth-order valence-electron chi connectivity index (χ4n) is 5.71. The molecule has 0 saturated carbocycles. The maximum absolute atomic E-state index is 12.5. The number of piperidine rings is 1. The number of carbonyl (C=O) groups excluding carboxylic acids is 2. The first-order chi connectivity index (χ1) is 15.2. The van der Waals surface area contributed by atoms with Crippen LogP contribution in [0.25, 0.3) is 0 Å². The Hall–Kier alpha value is -2.90. The third-order valence-corrected chi connectivity index (χ3v) is 6.76. The second kappa shape index (κ2) is 6.30. The Morgan fingerprint density at radius 1 is 1.28 bits per heavy atom. The minimum atomic E-state index is -2.65.